The van der Waals surface area contributed by atoms with Gasteiger partial charge in [0.2, 0.25) is 5.91 Å². The van der Waals surface area contributed by atoms with Gasteiger partial charge in [0, 0.05) is 18.1 Å². The molecule has 2 heterocycles. The van der Waals surface area contributed by atoms with Crippen molar-refractivity contribution >= 4 is 28.5 Å². The fourth-order valence-electron chi connectivity index (χ4n) is 3.00. The Balaban J connectivity index is 1.75. The summed E-state index contributed by atoms with van der Waals surface area (Å²) in [5.41, 5.74) is 13.0. The van der Waals surface area contributed by atoms with Gasteiger partial charge < -0.3 is 16.8 Å². The molecule has 0 aliphatic heterocycles. The molecule has 2 aromatic heterocycles. The molecule has 0 aliphatic rings. The molecule has 0 atom stereocenters. The average molecular weight is 387 g/mol. The lowest BCUT2D eigenvalue weighted by Gasteiger charge is -2.11. The van der Waals surface area contributed by atoms with Crippen molar-refractivity contribution in [2.75, 3.05) is 5.32 Å². The number of primary amides is 2. The third-order valence-electron chi connectivity index (χ3n) is 4.41. The minimum absolute atomic E-state index is 0.166. The van der Waals surface area contributed by atoms with E-state index in [1.807, 2.05) is 30.3 Å². The second kappa shape index (κ2) is 7.39. The number of amides is 2. The molecule has 0 spiro atoms. The van der Waals surface area contributed by atoms with Gasteiger partial charge in [0.05, 0.1) is 22.8 Å². The third kappa shape index (κ3) is 3.48. The summed E-state index contributed by atoms with van der Waals surface area (Å²) in [6, 6.07) is 14.8. The normalized spacial score (nSPS) is 10.8. The van der Waals surface area contributed by atoms with E-state index in [9.17, 15) is 9.59 Å². The number of benzene rings is 2. The number of nitrogens with zero attached hydrogens (tertiary/aromatic N) is 4. The third-order valence-corrected chi connectivity index (χ3v) is 4.41. The summed E-state index contributed by atoms with van der Waals surface area (Å²) in [5.74, 6) is -0.679. The molecule has 4 aromatic rings. The summed E-state index contributed by atoms with van der Waals surface area (Å²) < 4.78 is 1.47. The largest absolute Gasteiger partial charge is 0.366 e. The first kappa shape index (κ1) is 18.1. The minimum atomic E-state index is -0.645. The number of hydrogen-bond acceptors (Lipinski definition) is 6. The highest BCUT2D eigenvalue weighted by molar-refractivity contribution is 6.05. The van der Waals surface area contributed by atoms with E-state index in [0.29, 0.717) is 28.8 Å². The standard InChI is InChI=1S/C20H17N7O2/c21-17(28)13-7-4-8-16-14(13)11-25-27(16)20-24-10-15(18(22)29)19(26-20)23-9-12-5-2-1-3-6-12/h1-8,10-11H,9H2,(H2,21,28)(H2,22,29)(H,23,24,26). The zero-order valence-electron chi connectivity index (χ0n) is 15.2. The van der Waals surface area contributed by atoms with E-state index in [4.69, 9.17) is 11.5 Å². The topological polar surface area (TPSA) is 142 Å². The summed E-state index contributed by atoms with van der Waals surface area (Å²) in [6.45, 7) is 0.448. The lowest BCUT2D eigenvalue weighted by molar-refractivity contribution is 0.0992. The highest BCUT2D eigenvalue weighted by atomic mass is 16.1. The summed E-state index contributed by atoms with van der Waals surface area (Å²) in [6.07, 6.45) is 2.88. The van der Waals surface area contributed by atoms with Crippen LogP contribution in [-0.2, 0) is 6.54 Å². The second-order valence-electron chi connectivity index (χ2n) is 6.29. The van der Waals surface area contributed by atoms with E-state index >= 15 is 0 Å². The van der Waals surface area contributed by atoms with E-state index in [1.54, 1.807) is 18.2 Å². The Morgan fingerprint density at radius 3 is 2.41 bits per heavy atom. The number of aromatic nitrogens is 4. The lowest BCUT2D eigenvalue weighted by Crippen LogP contribution is -2.18. The molecule has 29 heavy (non-hydrogen) atoms. The van der Waals surface area contributed by atoms with Crippen molar-refractivity contribution in [3.63, 3.8) is 0 Å². The maximum atomic E-state index is 11.8. The van der Waals surface area contributed by atoms with Gasteiger partial charge in [0.25, 0.3) is 11.9 Å². The van der Waals surface area contributed by atoms with Crippen molar-refractivity contribution < 1.29 is 9.59 Å². The molecule has 0 radical (unpaired) electrons. The van der Waals surface area contributed by atoms with Gasteiger partial charge in [-0.2, -0.15) is 14.8 Å². The van der Waals surface area contributed by atoms with E-state index in [0.717, 1.165) is 5.56 Å². The van der Waals surface area contributed by atoms with Crippen LogP contribution in [0.25, 0.3) is 16.9 Å². The predicted octanol–water partition coefficient (Wildman–Crippen LogP) is 1.63. The van der Waals surface area contributed by atoms with Crippen LogP contribution >= 0.6 is 0 Å². The number of anilines is 1. The van der Waals surface area contributed by atoms with Gasteiger partial charge in [-0.1, -0.05) is 36.4 Å². The van der Waals surface area contributed by atoms with E-state index in [1.165, 1.54) is 17.1 Å². The molecule has 0 unspecified atom stereocenters. The Morgan fingerprint density at radius 2 is 1.69 bits per heavy atom. The zero-order chi connectivity index (χ0) is 20.4. The SMILES string of the molecule is NC(=O)c1cnc(-n2ncc3c(C(N)=O)cccc32)nc1NCc1ccccc1. The van der Waals surface area contributed by atoms with Crippen molar-refractivity contribution in [1.82, 2.24) is 19.7 Å². The van der Waals surface area contributed by atoms with Crippen LogP contribution in [-0.4, -0.2) is 31.6 Å². The Bertz CT molecular complexity index is 1220. The Hall–Kier alpha value is -4.27. The Morgan fingerprint density at radius 1 is 0.931 bits per heavy atom. The van der Waals surface area contributed by atoms with Gasteiger partial charge in [-0.25, -0.2) is 4.98 Å². The van der Waals surface area contributed by atoms with Crippen LogP contribution in [0.4, 0.5) is 5.82 Å². The van der Waals surface area contributed by atoms with E-state index in [-0.39, 0.29) is 11.5 Å². The van der Waals surface area contributed by atoms with Crippen LogP contribution in [0, 0.1) is 0 Å². The number of carbonyl (C=O) groups is 2. The number of nitrogens with two attached hydrogens (primary N) is 2. The predicted molar refractivity (Wildman–Crippen MR) is 107 cm³/mol. The molecule has 0 bridgehead atoms. The fraction of sp³-hybridized carbons (Fsp3) is 0.0500. The molecule has 5 N–H and O–H groups in total. The van der Waals surface area contributed by atoms with Crippen molar-refractivity contribution in [3.8, 4) is 5.95 Å². The van der Waals surface area contributed by atoms with Crippen molar-refractivity contribution in [2.45, 2.75) is 6.54 Å². The second-order valence-corrected chi connectivity index (χ2v) is 6.29. The Kier molecular flexibility index (Phi) is 4.62. The number of nitrogens with one attached hydrogen (secondary N) is 1. The number of hydrogen-bond donors (Lipinski definition) is 3. The summed E-state index contributed by atoms with van der Waals surface area (Å²) >= 11 is 0. The van der Waals surface area contributed by atoms with Crippen LogP contribution in [0.1, 0.15) is 26.3 Å². The van der Waals surface area contributed by atoms with E-state index < -0.39 is 11.8 Å². The van der Waals surface area contributed by atoms with E-state index in [2.05, 4.69) is 20.4 Å². The zero-order valence-corrected chi connectivity index (χ0v) is 15.2. The average Bonchev–Trinajstić information content (AvgIpc) is 3.16. The first-order valence-electron chi connectivity index (χ1n) is 8.76. The molecular formula is C20H17N7O2. The van der Waals surface area contributed by atoms with Crippen LogP contribution in [0.3, 0.4) is 0 Å². The monoisotopic (exact) mass is 387 g/mol. The lowest BCUT2D eigenvalue weighted by atomic mass is 10.1. The first-order valence-corrected chi connectivity index (χ1v) is 8.76. The molecule has 9 heteroatoms. The summed E-state index contributed by atoms with van der Waals surface area (Å²) in [5, 5.41) is 7.99. The molecule has 0 saturated carbocycles. The molecular weight excluding hydrogens is 370 g/mol. The smallest absolute Gasteiger partial charge is 0.254 e. The van der Waals surface area contributed by atoms with Gasteiger partial charge in [-0.15, -0.1) is 0 Å². The van der Waals surface area contributed by atoms with Crippen molar-refractivity contribution in [1.29, 1.82) is 0 Å². The van der Waals surface area contributed by atoms with Gasteiger partial charge in [0.1, 0.15) is 5.82 Å². The van der Waals surface area contributed by atoms with Gasteiger partial charge >= 0.3 is 0 Å². The number of carbonyl (C=O) groups excluding carboxylic acids is 2. The first-order chi connectivity index (χ1) is 14.0. The van der Waals surface area contributed by atoms with Crippen LogP contribution in [0.5, 0.6) is 0 Å². The molecule has 9 nitrogen and oxygen atoms in total. The van der Waals surface area contributed by atoms with Gasteiger partial charge in [-0.3, -0.25) is 9.59 Å². The molecule has 4 rings (SSSR count). The highest BCUT2D eigenvalue weighted by Gasteiger charge is 2.16. The maximum Gasteiger partial charge on any atom is 0.254 e. The van der Waals surface area contributed by atoms with Gasteiger partial charge in [0.15, 0.2) is 0 Å². The van der Waals surface area contributed by atoms with Gasteiger partial charge in [-0.05, 0) is 17.7 Å². The maximum absolute atomic E-state index is 11.8. The Labute approximate surface area is 165 Å². The summed E-state index contributed by atoms with van der Waals surface area (Å²) in [4.78, 5) is 32.1. The molecule has 0 saturated heterocycles. The molecule has 0 fully saturated rings. The molecule has 2 aromatic carbocycles. The summed E-state index contributed by atoms with van der Waals surface area (Å²) in [7, 11) is 0. The van der Waals surface area contributed by atoms with Crippen LogP contribution in [0.2, 0.25) is 0 Å². The quantitative estimate of drug-likeness (QED) is 0.459. The van der Waals surface area contributed by atoms with Crippen LogP contribution < -0.4 is 16.8 Å². The highest BCUT2D eigenvalue weighted by Crippen LogP contribution is 2.22. The molecule has 0 aliphatic carbocycles. The molecule has 144 valence electrons. The number of rotatable bonds is 6. The minimum Gasteiger partial charge on any atom is -0.366 e. The van der Waals surface area contributed by atoms with Crippen molar-refractivity contribution in [2.24, 2.45) is 11.5 Å². The number of fused-ring (bicyclic) bond motifs is 1. The molecule has 2 amide bonds. The fourth-order valence-corrected chi connectivity index (χ4v) is 3.00. The van der Waals surface area contributed by atoms with Crippen molar-refractivity contribution in [3.05, 3.63) is 77.6 Å². The van der Waals surface area contributed by atoms with Crippen LogP contribution in [0.15, 0.2) is 60.9 Å².